The Bertz CT molecular complexity index is 1620. The van der Waals surface area contributed by atoms with Crippen LogP contribution in [0.3, 0.4) is 0 Å². The van der Waals surface area contributed by atoms with E-state index in [1.54, 1.807) is 0 Å². The molecular formula is C33H28IrN2O-2. The van der Waals surface area contributed by atoms with Crippen LogP contribution in [0.25, 0.3) is 44.5 Å². The molecule has 0 amide bonds. The minimum Gasteiger partial charge on any atom is -0.501 e. The second kappa shape index (κ2) is 11.6. The SMILES string of the molecule is Cc1ccc(-c2[c-]cccc2)nc1.Cc1cnc(-c2[c-]ccc3c2oc2ccccc23)cc1C(C)C.[Ir]. The van der Waals surface area contributed by atoms with Gasteiger partial charge in [0.2, 0.25) is 0 Å². The first-order valence-electron chi connectivity index (χ1n) is 12.2. The number of nitrogens with zero attached hydrogens (tertiary/aromatic N) is 2. The van der Waals surface area contributed by atoms with Crippen molar-refractivity contribution in [3.05, 3.63) is 120 Å². The number of aromatic nitrogens is 2. The molecule has 3 aromatic heterocycles. The first-order valence-corrected chi connectivity index (χ1v) is 12.2. The zero-order valence-corrected chi connectivity index (χ0v) is 23.8. The van der Waals surface area contributed by atoms with Crippen LogP contribution in [-0.2, 0) is 20.1 Å². The Hall–Kier alpha value is -3.59. The van der Waals surface area contributed by atoms with Crippen molar-refractivity contribution in [2.75, 3.05) is 0 Å². The maximum Gasteiger partial charge on any atom is 0.120 e. The van der Waals surface area contributed by atoms with E-state index < -0.39 is 0 Å². The molecule has 6 rings (SSSR count). The van der Waals surface area contributed by atoms with Crippen LogP contribution in [0.2, 0.25) is 0 Å². The molecule has 0 bridgehead atoms. The second-order valence-corrected chi connectivity index (χ2v) is 9.27. The summed E-state index contributed by atoms with van der Waals surface area (Å²) >= 11 is 0. The number of hydrogen-bond donors (Lipinski definition) is 0. The normalized spacial score (nSPS) is 10.7. The van der Waals surface area contributed by atoms with Crippen molar-refractivity contribution in [3.63, 3.8) is 0 Å². The molecule has 4 heteroatoms. The van der Waals surface area contributed by atoms with Crippen LogP contribution in [-0.4, -0.2) is 9.97 Å². The second-order valence-electron chi connectivity index (χ2n) is 9.27. The fourth-order valence-corrected chi connectivity index (χ4v) is 4.36. The summed E-state index contributed by atoms with van der Waals surface area (Å²) in [5, 5.41) is 2.25. The predicted molar refractivity (Wildman–Crippen MR) is 148 cm³/mol. The van der Waals surface area contributed by atoms with Crippen molar-refractivity contribution < 1.29 is 24.5 Å². The number of aryl methyl sites for hydroxylation is 2. The minimum absolute atomic E-state index is 0. The van der Waals surface area contributed by atoms with Crippen molar-refractivity contribution >= 4 is 21.9 Å². The zero-order valence-electron chi connectivity index (χ0n) is 21.4. The van der Waals surface area contributed by atoms with Gasteiger partial charge in [-0.15, -0.1) is 54.1 Å². The maximum absolute atomic E-state index is 6.10. The summed E-state index contributed by atoms with van der Waals surface area (Å²) in [6, 6.07) is 32.7. The van der Waals surface area contributed by atoms with E-state index in [4.69, 9.17) is 4.42 Å². The summed E-state index contributed by atoms with van der Waals surface area (Å²) in [7, 11) is 0. The van der Waals surface area contributed by atoms with Crippen molar-refractivity contribution in [1.29, 1.82) is 0 Å². The van der Waals surface area contributed by atoms with E-state index in [0.717, 1.165) is 44.5 Å². The topological polar surface area (TPSA) is 38.9 Å². The Kier molecular flexibility index (Phi) is 8.33. The van der Waals surface area contributed by atoms with Crippen molar-refractivity contribution in [1.82, 2.24) is 9.97 Å². The Morgan fingerprint density at radius 1 is 0.757 bits per heavy atom. The van der Waals surface area contributed by atoms with Gasteiger partial charge < -0.3 is 14.4 Å². The molecule has 3 aromatic carbocycles. The van der Waals surface area contributed by atoms with Gasteiger partial charge in [-0.3, -0.25) is 0 Å². The van der Waals surface area contributed by atoms with E-state index in [2.05, 4.69) is 67.1 Å². The molecule has 6 aromatic rings. The number of para-hydroxylation sites is 1. The average Bonchev–Trinajstić information content (AvgIpc) is 3.29. The van der Waals surface area contributed by atoms with Gasteiger partial charge in [0.15, 0.2) is 0 Å². The molecule has 0 unspecified atom stereocenters. The van der Waals surface area contributed by atoms with E-state index >= 15 is 0 Å². The van der Waals surface area contributed by atoms with Crippen LogP contribution in [0.15, 0.2) is 95.7 Å². The van der Waals surface area contributed by atoms with E-state index in [-0.39, 0.29) is 20.1 Å². The Labute approximate surface area is 232 Å². The summed E-state index contributed by atoms with van der Waals surface area (Å²) in [6.07, 6.45) is 3.82. The minimum atomic E-state index is 0. The molecule has 0 saturated carbocycles. The molecule has 0 N–H and O–H groups in total. The number of rotatable bonds is 3. The third-order valence-electron chi connectivity index (χ3n) is 6.26. The third kappa shape index (κ3) is 5.72. The largest absolute Gasteiger partial charge is 0.501 e. The predicted octanol–water partition coefficient (Wildman–Crippen LogP) is 8.73. The fraction of sp³-hybridized carbons (Fsp3) is 0.152. The molecule has 0 atom stereocenters. The van der Waals surface area contributed by atoms with Gasteiger partial charge in [0.25, 0.3) is 0 Å². The fourth-order valence-electron chi connectivity index (χ4n) is 4.36. The molecule has 3 nitrogen and oxygen atoms in total. The van der Waals surface area contributed by atoms with Crippen LogP contribution in [0.1, 0.15) is 36.5 Å². The molecule has 37 heavy (non-hydrogen) atoms. The first kappa shape index (κ1) is 26.5. The van der Waals surface area contributed by atoms with E-state index in [1.807, 2.05) is 73.9 Å². The standard InChI is InChI=1S/C21H18NO.C12H10N.Ir/c1-13(2)18-11-19(22-12-14(18)3)17-9-6-8-16-15-7-4-5-10-20(15)23-21(16)17;1-10-7-8-12(13-9-10)11-5-3-2-4-6-11;/h4-8,10-13H,1-3H3;2-5,7-9H,1H3;/q2*-1;. The van der Waals surface area contributed by atoms with Crippen LogP contribution < -0.4 is 0 Å². The Balaban J connectivity index is 0.000000195. The number of fused-ring (bicyclic) bond motifs is 3. The van der Waals surface area contributed by atoms with Gasteiger partial charge in [0, 0.05) is 37.9 Å². The molecule has 0 aliphatic carbocycles. The van der Waals surface area contributed by atoms with Gasteiger partial charge in [-0.1, -0.05) is 61.2 Å². The molecular weight excluding hydrogens is 633 g/mol. The van der Waals surface area contributed by atoms with Crippen LogP contribution in [0.5, 0.6) is 0 Å². The summed E-state index contributed by atoms with van der Waals surface area (Å²) in [5.74, 6) is 0.464. The average molecular weight is 661 g/mol. The van der Waals surface area contributed by atoms with Gasteiger partial charge in [0.1, 0.15) is 5.58 Å². The smallest absolute Gasteiger partial charge is 0.120 e. The van der Waals surface area contributed by atoms with E-state index in [0.29, 0.717) is 5.92 Å². The molecule has 0 fully saturated rings. The van der Waals surface area contributed by atoms with Crippen molar-refractivity contribution in [2.24, 2.45) is 0 Å². The summed E-state index contributed by atoms with van der Waals surface area (Å²) in [4.78, 5) is 8.94. The number of furan rings is 1. The molecule has 0 aliphatic heterocycles. The summed E-state index contributed by atoms with van der Waals surface area (Å²) in [5.41, 5.74) is 9.36. The van der Waals surface area contributed by atoms with E-state index in [1.165, 1.54) is 16.7 Å². The van der Waals surface area contributed by atoms with Crippen molar-refractivity contribution in [2.45, 2.75) is 33.6 Å². The van der Waals surface area contributed by atoms with Crippen molar-refractivity contribution in [3.8, 4) is 22.5 Å². The molecule has 3 heterocycles. The van der Waals surface area contributed by atoms with Gasteiger partial charge in [-0.2, -0.15) is 0 Å². The third-order valence-corrected chi connectivity index (χ3v) is 6.26. The number of hydrogen-bond acceptors (Lipinski definition) is 3. The molecule has 0 aliphatic rings. The summed E-state index contributed by atoms with van der Waals surface area (Å²) < 4.78 is 6.10. The first-order chi connectivity index (χ1) is 17.5. The molecule has 0 spiro atoms. The van der Waals surface area contributed by atoms with Crippen LogP contribution in [0, 0.1) is 26.0 Å². The number of benzene rings is 3. The zero-order chi connectivity index (χ0) is 25.1. The molecule has 187 valence electrons. The molecule has 1 radical (unpaired) electrons. The molecule has 0 saturated heterocycles. The number of pyridine rings is 2. The monoisotopic (exact) mass is 661 g/mol. The van der Waals surface area contributed by atoms with Gasteiger partial charge in [-0.25, -0.2) is 0 Å². The van der Waals surface area contributed by atoms with Gasteiger partial charge in [0.05, 0.1) is 5.58 Å². The Morgan fingerprint density at radius 2 is 1.54 bits per heavy atom. The Morgan fingerprint density at radius 3 is 2.27 bits per heavy atom. The van der Waals surface area contributed by atoms with Crippen LogP contribution in [0.4, 0.5) is 0 Å². The van der Waals surface area contributed by atoms with Gasteiger partial charge >= 0.3 is 0 Å². The van der Waals surface area contributed by atoms with Crippen LogP contribution >= 0.6 is 0 Å². The maximum atomic E-state index is 6.10. The summed E-state index contributed by atoms with van der Waals surface area (Å²) in [6.45, 7) is 8.55. The van der Waals surface area contributed by atoms with Gasteiger partial charge in [-0.05, 0) is 53.9 Å². The van der Waals surface area contributed by atoms with E-state index in [9.17, 15) is 0 Å². The quantitative estimate of drug-likeness (QED) is 0.178.